The first-order chi connectivity index (χ1) is 35.3. The summed E-state index contributed by atoms with van der Waals surface area (Å²) < 4.78 is 2.77. The van der Waals surface area contributed by atoms with Crippen molar-refractivity contribution in [2.24, 2.45) is 23.7 Å². The van der Waals surface area contributed by atoms with E-state index in [0.29, 0.717) is 68.4 Å². The minimum absolute atomic E-state index is 0.296. The van der Waals surface area contributed by atoms with Crippen LogP contribution in [0.5, 0.6) is 0 Å². The van der Waals surface area contributed by atoms with Gasteiger partial charge in [-0.25, -0.2) is 9.13 Å². The number of nitrogens with zero attached hydrogens (tertiary/aromatic N) is 2. The second-order valence-electron chi connectivity index (χ2n) is 21.4. The van der Waals surface area contributed by atoms with Gasteiger partial charge >= 0.3 is 0 Å². The van der Waals surface area contributed by atoms with Crippen molar-refractivity contribution >= 4 is 97.0 Å². The Morgan fingerprint density at radius 1 is 0.292 bits per heavy atom. The highest BCUT2D eigenvalue weighted by Crippen LogP contribution is 2.52. The lowest BCUT2D eigenvalue weighted by molar-refractivity contribution is 0.589. The van der Waals surface area contributed by atoms with Crippen LogP contribution in [0.15, 0.2) is 201 Å². The van der Waals surface area contributed by atoms with Crippen molar-refractivity contribution in [3.63, 3.8) is 0 Å². The normalized spacial score (nSPS) is 21.2. The maximum atomic E-state index is 14.4. The highest BCUT2D eigenvalue weighted by molar-refractivity contribution is 6.10. The molecule has 10 aromatic carbocycles. The standard InChI is InChI=1S/C66H44N2O4/c69-63-57-31-45-27-39-15-13-37-25-43-29-47-33-59-60(66(72)68(65(59)71)62-20-18-52(50-6-2-4-8-54(50)62)56-24-36-10-12-42(56)22-36)34-48(47)30-44(43)26-38(37)14-16-40(39)28-46(45)32-58(57)64(70)67(63)61-19-17-51(49-5-1-3-7-53(49)61)55-23-35-9-11-41(55)21-35/h1-20,25-36,41-42,55-56H,21-24H2. The molecule has 0 aliphatic heterocycles. The molecule has 72 heavy (non-hydrogen) atoms. The molecule has 0 radical (unpaired) electrons. The van der Waals surface area contributed by atoms with Crippen LogP contribution in [-0.4, -0.2) is 9.13 Å². The number of hydrogen-bond acceptors (Lipinski definition) is 4. The second kappa shape index (κ2) is 14.6. The van der Waals surface area contributed by atoms with Crippen molar-refractivity contribution in [3.05, 3.63) is 235 Å². The number of benzene rings is 9. The Balaban J connectivity index is 0.785. The van der Waals surface area contributed by atoms with Crippen molar-refractivity contribution in [1.82, 2.24) is 9.13 Å². The molecule has 2 saturated carbocycles. The molecule has 342 valence electrons. The van der Waals surface area contributed by atoms with Crippen molar-refractivity contribution < 1.29 is 0 Å². The van der Waals surface area contributed by atoms with Gasteiger partial charge in [0.15, 0.2) is 0 Å². The lowest BCUT2D eigenvalue weighted by Crippen LogP contribution is -2.23. The molecule has 6 heteroatoms. The van der Waals surface area contributed by atoms with Crippen LogP contribution in [0.25, 0.3) is 108 Å². The first kappa shape index (κ1) is 40.3. The summed E-state index contributed by atoms with van der Waals surface area (Å²) in [6, 6.07) is 53.6. The van der Waals surface area contributed by atoms with Gasteiger partial charge in [0, 0.05) is 10.8 Å². The molecule has 2 fully saturated rings. The van der Waals surface area contributed by atoms with E-state index in [0.717, 1.165) is 88.2 Å². The van der Waals surface area contributed by atoms with Crippen LogP contribution >= 0.6 is 0 Å². The van der Waals surface area contributed by atoms with Gasteiger partial charge in [0.2, 0.25) is 0 Å². The van der Waals surface area contributed by atoms with E-state index in [1.54, 1.807) is 0 Å². The second-order valence-corrected chi connectivity index (χ2v) is 21.4. The molecular formula is C66H44N2O4. The maximum absolute atomic E-state index is 14.4. The third-order valence-electron chi connectivity index (χ3n) is 17.6. The van der Waals surface area contributed by atoms with Crippen LogP contribution in [0.1, 0.15) is 48.6 Å². The monoisotopic (exact) mass is 928 g/mol. The first-order valence-corrected chi connectivity index (χ1v) is 25.5. The molecule has 6 atom stereocenters. The van der Waals surface area contributed by atoms with Gasteiger partial charge in [0.05, 0.1) is 32.9 Å². The summed E-state index contributed by atoms with van der Waals surface area (Å²) in [5, 5.41) is 15.5. The van der Waals surface area contributed by atoms with Gasteiger partial charge < -0.3 is 0 Å². The van der Waals surface area contributed by atoms with Gasteiger partial charge in [-0.05, 0) is 210 Å². The summed E-state index contributed by atoms with van der Waals surface area (Å²) in [5.74, 6) is 3.24. The Morgan fingerprint density at radius 2 is 0.611 bits per heavy atom. The fraction of sp³-hybridized carbons (Fsp3) is 0.152. The summed E-state index contributed by atoms with van der Waals surface area (Å²) >= 11 is 0. The van der Waals surface area contributed by atoms with Gasteiger partial charge in [0.25, 0.3) is 22.2 Å². The SMILES string of the molecule is O=c1c2cc3cc4ccc5cc6cc7cc8c(=O)n(-c9ccc(C%10CC%11C=CC%10C%11)c%10ccccc9%10)c(=O)c8cc7cc6cc5ccc4cc3cc2c(=O)n1-c1ccc(C2CC3C=CC2C3)c2ccccc12. The van der Waals surface area contributed by atoms with E-state index in [9.17, 15) is 19.2 Å². The molecule has 6 unspecified atom stereocenters. The van der Waals surface area contributed by atoms with E-state index in [1.807, 2.05) is 60.7 Å². The van der Waals surface area contributed by atoms with Crippen molar-refractivity contribution in [1.29, 1.82) is 0 Å². The summed E-state index contributed by atoms with van der Waals surface area (Å²) in [5.41, 5.74) is 2.68. The molecule has 0 N–H and O–H groups in total. The largest absolute Gasteiger partial charge is 0.268 e. The molecule has 16 rings (SSSR count). The quantitative estimate of drug-likeness (QED) is 0.130. The van der Waals surface area contributed by atoms with Gasteiger partial charge in [0.1, 0.15) is 0 Å². The van der Waals surface area contributed by atoms with Crippen molar-refractivity contribution in [2.45, 2.75) is 37.5 Å². The van der Waals surface area contributed by atoms with Gasteiger partial charge in [-0.2, -0.15) is 0 Å². The molecule has 0 saturated heterocycles. The minimum atomic E-state index is -0.298. The molecule has 2 aromatic heterocycles. The Morgan fingerprint density at radius 3 is 0.931 bits per heavy atom. The zero-order chi connectivity index (χ0) is 47.7. The molecule has 6 nitrogen and oxygen atoms in total. The topological polar surface area (TPSA) is 78.1 Å². The molecule has 4 bridgehead atoms. The predicted octanol–water partition coefficient (Wildman–Crippen LogP) is 13.9. The fourth-order valence-corrected chi connectivity index (χ4v) is 14.2. The summed E-state index contributed by atoms with van der Waals surface area (Å²) in [7, 11) is 0. The zero-order valence-electron chi connectivity index (χ0n) is 39.1. The van der Waals surface area contributed by atoms with Crippen LogP contribution in [-0.2, 0) is 0 Å². The third-order valence-corrected chi connectivity index (χ3v) is 17.6. The van der Waals surface area contributed by atoms with Crippen LogP contribution in [0.3, 0.4) is 0 Å². The highest BCUT2D eigenvalue weighted by Gasteiger charge is 2.38. The molecule has 4 aliphatic carbocycles. The zero-order valence-corrected chi connectivity index (χ0v) is 39.1. The highest BCUT2D eigenvalue weighted by atomic mass is 16.2. The van der Waals surface area contributed by atoms with Crippen LogP contribution < -0.4 is 22.2 Å². The van der Waals surface area contributed by atoms with E-state index in [4.69, 9.17) is 0 Å². The Bertz CT molecular complexity index is 4360. The van der Waals surface area contributed by atoms with Crippen LogP contribution in [0, 0.1) is 23.7 Å². The molecule has 4 aliphatic rings. The average molecular weight is 929 g/mol. The Hall–Kier alpha value is -8.48. The van der Waals surface area contributed by atoms with Crippen LogP contribution in [0.2, 0.25) is 0 Å². The number of aromatic nitrogens is 2. The Labute approximate surface area is 411 Å². The molecule has 2 heterocycles. The van der Waals surface area contributed by atoms with Crippen molar-refractivity contribution in [2.75, 3.05) is 0 Å². The summed E-state index contributed by atoms with van der Waals surface area (Å²) in [6.07, 6.45) is 14.2. The maximum Gasteiger partial charge on any atom is 0.266 e. The predicted molar refractivity (Wildman–Crippen MR) is 295 cm³/mol. The molecule has 0 spiro atoms. The third kappa shape index (κ3) is 5.66. The Kier molecular flexibility index (Phi) is 8.14. The first-order valence-electron chi connectivity index (χ1n) is 25.5. The summed E-state index contributed by atoms with van der Waals surface area (Å²) in [4.78, 5) is 57.4. The average Bonchev–Trinajstić information content (AvgIpc) is 4.29. The van der Waals surface area contributed by atoms with Gasteiger partial charge in [-0.15, -0.1) is 0 Å². The number of rotatable bonds is 4. The number of fused-ring (bicyclic) bond motifs is 13. The van der Waals surface area contributed by atoms with E-state index in [2.05, 4.69) is 121 Å². The molecular weight excluding hydrogens is 885 g/mol. The smallest absolute Gasteiger partial charge is 0.266 e. The van der Waals surface area contributed by atoms with E-state index in [-0.39, 0.29) is 22.2 Å². The lowest BCUT2D eigenvalue weighted by atomic mass is 9.84. The molecule has 12 aromatic rings. The number of allylic oxidation sites excluding steroid dienone is 4. The van der Waals surface area contributed by atoms with Crippen LogP contribution in [0.4, 0.5) is 0 Å². The minimum Gasteiger partial charge on any atom is -0.268 e. The number of hydrogen-bond donors (Lipinski definition) is 0. The van der Waals surface area contributed by atoms with Crippen molar-refractivity contribution in [3.8, 4) is 11.4 Å². The van der Waals surface area contributed by atoms with E-state index < -0.39 is 0 Å². The van der Waals surface area contributed by atoms with E-state index in [1.165, 1.54) is 33.1 Å². The fourth-order valence-electron chi connectivity index (χ4n) is 14.2. The lowest BCUT2D eigenvalue weighted by Gasteiger charge is -2.21. The summed E-state index contributed by atoms with van der Waals surface area (Å²) in [6.45, 7) is 0. The van der Waals surface area contributed by atoms with E-state index >= 15 is 0 Å². The van der Waals surface area contributed by atoms with Gasteiger partial charge in [-0.1, -0.05) is 109 Å². The molecule has 0 amide bonds. The van der Waals surface area contributed by atoms with Gasteiger partial charge in [-0.3, -0.25) is 19.2 Å².